The van der Waals surface area contributed by atoms with Crippen LogP contribution in [0.5, 0.6) is 0 Å². The van der Waals surface area contributed by atoms with Gasteiger partial charge >= 0.3 is 5.97 Å². The van der Waals surface area contributed by atoms with Gasteiger partial charge in [0.25, 0.3) is 5.91 Å². The van der Waals surface area contributed by atoms with Crippen LogP contribution in [0.1, 0.15) is 36.2 Å². The lowest BCUT2D eigenvalue weighted by molar-refractivity contribution is -0.139. The number of halogens is 1. The van der Waals surface area contributed by atoms with E-state index in [2.05, 4.69) is 10.3 Å². The summed E-state index contributed by atoms with van der Waals surface area (Å²) in [5.41, 5.74) is 0.190. The third-order valence-electron chi connectivity index (χ3n) is 4.45. The number of carboxylic acid groups (broad SMARTS) is 1. The molecule has 2 fully saturated rings. The van der Waals surface area contributed by atoms with E-state index in [-0.39, 0.29) is 30.2 Å². The van der Waals surface area contributed by atoms with Gasteiger partial charge in [0.15, 0.2) is 0 Å². The lowest BCUT2D eigenvalue weighted by Crippen LogP contribution is -2.55. The lowest BCUT2D eigenvalue weighted by atomic mass is 9.85. The number of nitrogens with one attached hydrogen (secondary N) is 1. The molecule has 1 aromatic heterocycles. The van der Waals surface area contributed by atoms with Crippen molar-refractivity contribution >= 4 is 11.9 Å². The van der Waals surface area contributed by atoms with Gasteiger partial charge in [-0.25, -0.2) is 9.37 Å². The van der Waals surface area contributed by atoms with Gasteiger partial charge in [-0.3, -0.25) is 14.5 Å². The van der Waals surface area contributed by atoms with E-state index >= 15 is 0 Å². The Kier molecular flexibility index (Phi) is 4.56. The zero-order valence-electron chi connectivity index (χ0n) is 12.7. The molecule has 0 unspecified atom stereocenters. The van der Waals surface area contributed by atoms with Crippen LogP contribution in [0.3, 0.4) is 0 Å². The molecule has 2 saturated carbocycles. The van der Waals surface area contributed by atoms with Gasteiger partial charge in [0.1, 0.15) is 11.5 Å². The van der Waals surface area contributed by atoms with E-state index in [1.54, 1.807) is 0 Å². The van der Waals surface area contributed by atoms with Crippen LogP contribution in [-0.4, -0.2) is 52.0 Å². The van der Waals surface area contributed by atoms with Crippen molar-refractivity contribution in [1.82, 2.24) is 15.2 Å². The first-order valence-corrected chi connectivity index (χ1v) is 7.89. The molecule has 1 amide bonds. The number of carbonyl (C=O) groups excluding carboxylic acids is 1. The van der Waals surface area contributed by atoms with Crippen LogP contribution in [0.2, 0.25) is 0 Å². The molecule has 0 radical (unpaired) electrons. The minimum atomic E-state index is -0.811. The largest absolute Gasteiger partial charge is 0.480 e. The van der Waals surface area contributed by atoms with E-state index in [0.717, 1.165) is 25.6 Å². The van der Waals surface area contributed by atoms with Crippen molar-refractivity contribution in [2.45, 2.75) is 37.8 Å². The Hall–Kier alpha value is -2.02. The van der Waals surface area contributed by atoms with Crippen LogP contribution in [0, 0.1) is 11.7 Å². The molecule has 0 aliphatic heterocycles. The summed E-state index contributed by atoms with van der Waals surface area (Å²) in [5.74, 6) is -0.977. The van der Waals surface area contributed by atoms with Crippen molar-refractivity contribution < 1.29 is 19.1 Å². The SMILES string of the molecule is O=C(O)CN(CC1CC1)C1CC(NC(=O)c2ccc(F)cn2)C1. The highest BCUT2D eigenvalue weighted by Crippen LogP contribution is 2.33. The summed E-state index contributed by atoms with van der Waals surface area (Å²) in [6.45, 7) is 0.887. The maximum atomic E-state index is 12.8. The van der Waals surface area contributed by atoms with Crippen molar-refractivity contribution in [3.8, 4) is 0 Å². The summed E-state index contributed by atoms with van der Waals surface area (Å²) >= 11 is 0. The van der Waals surface area contributed by atoms with Crippen molar-refractivity contribution in [3.63, 3.8) is 0 Å². The average molecular weight is 321 g/mol. The standard InChI is InChI=1S/C16H20FN3O3/c17-11-3-4-14(18-7-11)16(23)19-12-5-13(6-12)20(9-15(21)22)8-10-1-2-10/h3-4,7,10,12-13H,1-2,5-6,8-9H2,(H,19,23)(H,21,22). The molecule has 0 spiro atoms. The molecule has 6 nitrogen and oxygen atoms in total. The van der Waals surface area contributed by atoms with Crippen molar-refractivity contribution in [3.05, 3.63) is 29.8 Å². The maximum absolute atomic E-state index is 12.8. The monoisotopic (exact) mass is 321 g/mol. The number of carbonyl (C=O) groups is 2. The van der Waals surface area contributed by atoms with Gasteiger partial charge in [0.05, 0.1) is 12.7 Å². The minimum Gasteiger partial charge on any atom is -0.480 e. The highest BCUT2D eigenvalue weighted by Gasteiger charge is 2.37. The number of amides is 1. The van der Waals surface area contributed by atoms with E-state index in [1.807, 2.05) is 4.90 Å². The van der Waals surface area contributed by atoms with Crippen molar-refractivity contribution in [2.75, 3.05) is 13.1 Å². The first-order valence-electron chi connectivity index (χ1n) is 7.89. The van der Waals surface area contributed by atoms with E-state index in [0.29, 0.717) is 5.92 Å². The number of hydrogen-bond acceptors (Lipinski definition) is 4. The lowest BCUT2D eigenvalue weighted by Gasteiger charge is -2.42. The number of nitrogens with zero attached hydrogens (tertiary/aromatic N) is 2. The zero-order valence-corrected chi connectivity index (χ0v) is 12.7. The molecule has 0 saturated heterocycles. The molecule has 2 aliphatic rings. The van der Waals surface area contributed by atoms with Gasteiger partial charge in [0, 0.05) is 18.6 Å². The summed E-state index contributed by atoms with van der Waals surface area (Å²) in [6, 6.07) is 2.79. The minimum absolute atomic E-state index is 0.0230. The highest BCUT2D eigenvalue weighted by atomic mass is 19.1. The van der Waals surface area contributed by atoms with Gasteiger partial charge < -0.3 is 10.4 Å². The van der Waals surface area contributed by atoms with Crippen molar-refractivity contribution in [1.29, 1.82) is 0 Å². The predicted octanol–water partition coefficient (Wildman–Crippen LogP) is 1.28. The molecular formula is C16H20FN3O3. The number of pyridine rings is 1. The fraction of sp³-hybridized carbons (Fsp3) is 0.562. The number of rotatable bonds is 7. The second-order valence-electron chi connectivity index (χ2n) is 6.42. The summed E-state index contributed by atoms with van der Waals surface area (Å²) in [4.78, 5) is 28.7. The fourth-order valence-electron chi connectivity index (χ4n) is 2.92. The highest BCUT2D eigenvalue weighted by molar-refractivity contribution is 5.92. The van der Waals surface area contributed by atoms with Crippen LogP contribution >= 0.6 is 0 Å². The van der Waals surface area contributed by atoms with Crippen LogP contribution in [0.25, 0.3) is 0 Å². The molecular weight excluding hydrogens is 301 g/mol. The third-order valence-corrected chi connectivity index (χ3v) is 4.45. The fourth-order valence-corrected chi connectivity index (χ4v) is 2.92. The summed E-state index contributed by atoms with van der Waals surface area (Å²) in [5, 5.41) is 11.9. The van der Waals surface area contributed by atoms with Gasteiger partial charge in [-0.1, -0.05) is 0 Å². The molecule has 2 aliphatic carbocycles. The molecule has 1 heterocycles. The Morgan fingerprint density at radius 2 is 2.09 bits per heavy atom. The summed E-state index contributed by atoms with van der Waals surface area (Å²) in [7, 11) is 0. The van der Waals surface area contributed by atoms with Gasteiger partial charge in [-0.2, -0.15) is 0 Å². The molecule has 7 heteroatoms. The Balaban J connectivity index is 1.48. The topological polar surface area (TPSA) is 82.5 Å². The number of aromatic nitrogens is 1. The molecule has 23 heavy (non-hydrogen) atoms. The predicted molar refractivity (Wildman–Crippen MR) is 80.4 cm³/mol. The molecule has 3 rings (SSSR count). The Morgan fingerprint density at radius 1 is 1.35 bits per heavy atom. The number of carboxylic acids is 1. The second kappa shape index (κ2) is 6.62. The third kappa shape index (κ3) is 4.25. The van der Waals surface area contributed by atoms with Crippen LogP contribution in [-0.2, 0) is 4.79 Å². The van der Waals surface area contributed by atoms with E-state index in [9.17, 15) is 14.0 Å². The first-order chi connectivity index (χ1) is 11.0. The zero-order chi connectivity index (χ0) is 16.4. The summed E-state index contributed by atoms with van der Waals surface area (Å²) < 4.78 is 12.8. The van der Waals surface area contributed by atoms with E-state index < -0.39 is 11.8 Å². The molecule has 0 aromatic carbocycles. The number of aliphatic carboxylic acids is 1. The molecule has 2 N–H and O–H groups in total. The van der Waals surface area contributed by atoms with Crippen molar-refractivity contribution in [2.24, 2.45) is 5.92 Å². The van der Waals surface area contributed by atoms with Crippen LogP contribution < -0.4 is 5.32 Å². The molecule has 0 bridgehead atoms. The van der Waals surface area contributed by atoms with Crippen LogP contribution in [0.4, 0.5) is 4.39 Å². The molecule has 124 valence electrons. The molecule has 0 atom stereocenters. The smallest absolute Gasteiger partial charge is 0.317 e. The second-order valence-corrected chi connectivity index (χ2v) is 6.42. The van der Waals surface area contributed by atoms with E-state index in [1.165, 1.54) is 25.0 Å². The Labute approximate surface area is 133 Å². The first kappa shape index (κ1) is 15.9. The Morgan fingerprint density at radius 3 is 2.65 bits per heavy atom. The van der Waals surface area contributed by atoms with Gasteiger partial charge in [-0.15, -0.1) is 0 Å². The van der Waals surface area contributed by atoms with E-state index in [4.69, 9.17) is 5.11 Å². The average Bonchev–Trinajstić information content (AvgIpc) is 3.25. The Bertz CT molecular complexity index is 583. The maximum Gasteiger partial charge on any atom is 0.317 e. The molecule has 1 aromatic rings. The van der Waals surface area contributed by atoms with Gasteiger partial charge in [0.2, 0.25) is 0 Å². The normalized spacial score (nSPS) is 23.4. The van der Waals surface area contributed by atoms with Crippen LogP contribution in [0.15, 0.2) is 18.3 Å². The quantitative estimate of drug-likeness (QED) is 0.790. The van der Waals surface area contributed by atoms with Gasteiger partial charge in [-0.05, 0) is 43.7 Å². The summed E-state index contributed by atoms with van der Waals surface area (Å²) in [6.07, 6.45) is 4.86. The number of hydrogen-bond donors (Lipinski definition) is 2.